The lowest BCUT2D eigenvalue weighted by Crippen LogP contribution is -2.61. The number of primary amides is 1. The number of benzene rings is 1. The SMILES string of the molecule is CC[C@H](C)[C@H](NC(=O)[C@@H](NC(=O)[C@H](Cc1ccc(OC)cc1)NC(C)=O)C(C)C)C(=O)N[C@@H](CC(N)=O)C(=O)N[C@@H](CC(=O)O)C(=O)N[C@@H](CC(C)C)C(=O)O. The summed E-state index contributed by atoms with van der Waals surface area (Å²) in [5.41, 5.74) is 6.04. The number of rotatable bonds is 24. The van der Waals surface area contributed by atoms with Crippen molar-refractivity contribution < 1.29 is 58.1 Å². The smallest absolute Gasteiger partial charge is 0.326 e. The third kappa shape index (κ3) is 16.7. The number of nitrogens with two attached hydrogens (primary N) is 1. The predicted molar refractivity (Wildman–Crippen MR) is 201 cm³/mol. The highest BCUT2D eigenvalue weighted by molar-refractivity contribution is 5.99. The monoisotopic (exact) mass is 791 g/mol. The van der Waals surface area contributed by atoms with Crippen LogP contribution in [0.15, 0.2) is 24.3 Å². The molecule has 0 unspecified atom stereocenters. The number of amides is 7. The Hall–Kier alpha value is -5.75. The molecule has 0 saturated heterocycles. The topological polar surface area (TPSA) is 302 Å². The van der Waals surface area contributed by atoms with Gasteiger partial charge >= 0.3 is 11.9 Å². The van der Waals surface area contributed by atoms with Gasteiger partial charge in [-0.25, -0.2) is 4.79 Å². The number of ether oxygens (including phenoxy) is 1. The summed E-state index contributed by atoms with van der Waals surface area (Å²) in [5.74, 6) is -9.84. The minimum atomic E-state index is -1.81. The molecule has 0 fully saturated rings. The Labute approximate surface area is 326 Å². The fraction of sp³-hybridized carbons (Fsp3) is 0.595. The second-order valence-corrected chi connectivity index (χ2v) is 14.3. The van der Waals surface area contributed by atoms with Crippen molar-refractivity contribution in [3.05, 3.63) is 29.8 Å². The number of hydrogen-bond donors (Lipinski definition) is 9. The number of carbonyl (C=O) groups is 9. The van der Waals surface area contributed by atoms with Gasteiger partial charge in [0.15, 0.2) is 0 Å². The van der Waals surface area contributed by atoms with E-state index in [0.29, 0.717) is 17.7 Å². The Balaban J connectivity index is 3.30. The van der Waals surface area contributed by atoms with Crippen molar-refractivity contribution in [3.63, 3.8) is 0 Å². The van der Waals surface area contributed by atoms with Crippen LogP contribution in [0.3, 0.4) is 0 Å². The number of carbonyl (C=O) groups excluding carboxylic acids is 7. The summed E-state index contributed by atoms with van der Waals surface area (Å²) >= 11 is 0. The summed E-state index contributed by atoms with van der Waals surface area (Å²) in [4.78, 5) is 115. The molecule has 1 rings (SSSR count). The van der Waals surface area contributed by atoms with E-state index in [1.165, 1.54) is 14.0 Å². The van der Waals surface area contributed by atoms with Crippen LogP contribution < -0.4 is 42.4 Å². The molecule has 7 atom stereocenters. The molecule has 7 amide bonds. The molecule has 56 heavy (non-hydrogen) atoms. The number of aliphatic carboxylic acids is 2. The fourth-order valence-corrected chi connectivity index (χ4v) is 5.48. The van der Waals surface area contributed by atoms with Crippen molar-refractivity contribution in [2.45, 2.75) is 117 Å². The first-order chi connectivity index (χ1) is 26.1. The maximum atomic E-state index is 13.8. The van der Waals surface area contributed by atoms with Crippen molar-refractivity contribution in [3.8, 4) is 5.75 Å². The van der Waals surface area contributed by atoms with E-state index in [2.05, 4.69) is 31.9 Å². The standard InChI is InChI=1S/C37H57N7O12/c1-9-20(6)31(44-35(52)30(19(4)5)43-34(51)24(39-21(7)45)15-22-10-12-23(56-8)13-11-22)36(53)41-25(16-28(38)46)32(49)40-26(17-29(47)48)33(50)42-27(37(54)55)14-18(2)3/h10-13,18-20,24-27,30-31H,9,14-17H2,1-8H3,(H2,38,46)(H,39,45)(H,40,49)(H,41,53)(H,42,50)(H,43,51)(H,44,52)(H,47,48)(H,54,55)/t20-,24-,25-,26-,27-,30-,31-/m0/s1. The second-order valence-electron chi connectivity index (χ2n) is 14.3. The van der Waals surface area contributed by atoms with Crippen molar-refractivity contribution in [1.29, 1.82) is 0 Å². The summed E-state index contributed by atoms with van der Waals surface area (Å²) in [6.45, 7) is 11.3. The van der Waals surface area contributed by atoms with Crippen molar-refractivity contribution in [2.75, 3.05) is 7.11 Å². The number of hydrogen-bond acceptors (Lipinski definition) is 10. The van der Waals surface area contributed by atoms with Crippen LogP contribution >= 0.6 is 0 Å². The normalized spacial score (nSPS) is 14.8. The van der Waals surface area contributed by atoms with Gasteiger partial charge in [0.25, 0.3) is 0 Å². The molecule has 1 aromatic rings. The highest BCUT2D eigenvalue weighted by Crippen LogP contribution is 2.15. The minimum Gasteiger partial charge on any atom is -0.497 e. The summed E-state index contributed by atoms with van der Waals surface area (Å²) in [7, 11) is 1.50. The molecule has 0 aromatic heterocycles. The predicted octanol–water partition coefficient (Wildman–Crippen LogP) is -0.651. The van der Waals surface area contributed by atoms with Crippen LogP contribution in [-0.2, 0) is 49.6 Å². The lowest BCUT2D eigenvalue weighted by atomic mass is 9.95. The van der Waals surface area contributed by atoms with Crippen molar-refractivity contribution in [1.82, 2.24) is 31.9 Å². The zero-order valence-electron chi connectivity index (χ0n) is 33.1. The van der Waals surface area contributed by atoms with E-state index in [9.17, 15) is 53.4 Å². The molecule has 0 spiro atoms. The first kappa shape index (κ1) is 48.3. The minimum absolute atomic E-state index is 0.00117. The summed E-state index contributed by atoms with van der Waals surface area (Å²) in [6.07, 6.45) is -1.36. The number of carboxylic acids is 2. The molecule has 10 N–H and O–H groups in total. The van der Waals surface area contributed by atoms with Gasteiger partial charge in [-0.2, -0.15) is 0 Å². The van der Waals surface area contributed by atoms with Crippen molar-refractivity contribution >= 4 is 53.3 Å². The average molecular weight is 792 g/mol. The molecule has 0 aliphatic carbocycles. The Kier molecular flexibility index (Phi) is 20.0. The van der Waals surface area contributed by atoms with Gasteiger partial charge in [0, 0.05) is 13.3 Å². The van der Waals surface area contributed by atoms with Gasteiger partial charge in [-0.15, -0.1) is 0 Å². The molecular weight excluding hydrogens is 734 g/mol. The summed E-state index contributed by atoms with van der Waals surface area (Å²) in [5, 5.41) is 33.5. The maximum absolute atomic E-state index is 13.8. The number of nitrogens with one attached hydrogen (secondary N) is 6. The largest absolute Gasteiger partial charge is 0.497 e. The molecule has 0 radical (unpaired) electrons. The lowest BCUT2D eigenvalue weighted by Gasteiger charge is -2.30. The van der Waals surface area contributed by atoms with E-state index in [4.69, 9.17) is 10.5 Å². The van der Waals surface area contributed by atoms with Crippen LogP contribution in [0.25, 0.3) is 0 Å². The highest BCUT2D eigenvalue weighted by atomic mass is 16.5. The maximum Gasteiger partial charge on any atom is 0.326 e. The zero-order valence-corrected chi connectivity index (χ0v) is 33.1. The molecule has 0 aliphatic rings. The summed E-state index contributed by atoms with van der Waals surface area (Å²) in [6, 6.07) is -1.77. The van der Waals surface area contributed by atoms with E-state index in [-0.39, 0.29) is 18.8 Å². The molecule has 0 bridgehead atoms. The Morgan fingerprint density at radius 3 is 1.59 bits per heavy atom. The van der Waals surface area contributed by atoms with E-state index < -0.39 is 114 Å². The van der Waals surface area contributed by atoms with Gasteiger partial charge in [0.05, 0.1) is 20.0 Å². The van der Waals surface area contributed by atoms with Crippen LogP contribution in [0.2, 0.25) is 0 Å². The van der Waals surface area contributed by atoms with Crippen LogP contribution in [0.5, 0.6) is 5.75 Å². The molecule has 0 saturated carbocycles. The third-order valence-corrected chi connectivity index (χ3v) is 8.70. The van der Waals surface area contributed by atoms with E-state index >= 15 is 0 Å². The fourth-order valence-electron chi connectivity index (χ4n) is 5.48. The van der Waals surface area contributed by atoms with Gasteiger partial charge in [-0.3, -0.25) is 38.4 Å². The molecule has 0 heterocycles. The van der Waals surface area contributed by atoms with Crippen LogP contribution in [-0.4, -0.2) is 107 Å². The third-order valence-electron chi connectivity index (χ3n) is 8.70. The van der Waals surface area contributed by atoms with E-state index in [1.807, 2.05) is 0 Å². The Morgan fingerprint density at radius 2 is 1.14 bits per heavy atom. The van der Waals surface area contributed by atoms with Gasteiger partial charge in [-0.05, 0) is 41.9 Å². The molecule has 312 valence electrons. The van der Waals surface area contributed by atoms with Gasteiger partial charge in [0.1, 0.15) is 42.0 Å². The molecule has 19 nitrogen and oxygen atoms in total. The highest BCUT2D eigenvalue weighted by Gasteiger charge is 2.36. The quantitative estimate of drug-likeness (QED) is 0.0631. The first-order valence-electron chi connectivity index (χ1n) is 18.2. The van der Waals surface area contributed by atoms with E-state index in [1.54, 1.807) is 65.8 Å². The number of carboxylic acid groups (broad SMARTS) is 2. The summed E-state index contributed by atoms with van der Waals surface area (Å²) < 4.78 is 5.17. The van der Waals surface area contributed by atoms with Crippen LogP contribution in [0, 0.1) is 17.8 Å². The first-order valence-corrected chi connectivity index (χ1v) is 18.2. The molecule has 1 aromatic carbocycles. The van der Waals surface area contributed by atoms with Gasteiger partial charge in [-0.1, -0.05) is 60.1 Å². The molecule has 0 aliphatic heterocycles. The lowest BCUT2D eigenvalue weighted by molar-refractivity contribution is -0.144. The molecule has 19 heteroatoms. The molecular formula is C37H57N7O12. The Morgan fingerprint density at radius 1 is 0.661 bits per heavy atom. The average Bonchev–Trinajstić information content (AvgIpc) is 3.10. The number of methoxy groups -OCH3 is 1. The van der Waals surface area contributed by atoms with Crippen LogP contribution in [0.4, 0.5) is 0 Å². The zero-order chi connectivity index (χ0) is 42.9. The van der Waals surface area contributed by atoms with Crippen LogP contribution in [0.1, 0.15) is 79.7 Å². The van der Waals surface area contributed by atoms with Gasteiger partial charge < -0.3 is 52.6 Å². The van der Waals surface area contributed by atoms with E-state index in [0.717, 1.165) is 0 Å². The van der Waals surface area contributed by atoms with Gasteiger partial charge in [0.2, 0.25) is 41.4 Å². The second kappa shape index (κ2) is 23.2. The van der Waals surface area contributed by atoms with Crippen molar-refractivity contribution in [2.24, 2.45) is 23.5 Å². The Bertz CT molecular complexity index is 1570.